The molecule has 0 bridgehead atoms. The molecule has 3 N–H and O–H groups in total. The van der Waals surface area contributed by atoms with Gasteiger partial charge >= 0.3 is 18.0 Å². The van der Waals surface area contributed by atoms with E-state index in [4.69, 9.17) is 4.74 Å². The van der Waals surface area contributed by atoms with Crippen LogP contribution in [0.25, 0.3) is 11.1 Å². The maximum Gasteiger partial charge on any atom is 0.407 e. The van der Waals surface area contributed by atoms with Gasteiger partial charge in [-0.05, 0) is 35.6 Å². The summed E-state index contributed by atoms with van der Waals surface area (Å²) in [5.41, 5.74) is 3.30. The summed E-state index contributed by atoms with van der Waals surface area (Å²) in [6, 6.07) is 14.6. The van der Waals surface area contributed by atoms with Gasteiger partial charge < -0.3 is 25.2 Å². The van der Waals surface area contributed by atoms with Gasteiger partial charge in [0.05, 0.1) is 18.9 Å². The summed E-state index contributed by atoms with van der Waals surface area (Å²) in [6.45, 7) is 3.41. The average molecular weight is 483 g/mol. The Morgan fingerprint density at radius 1 is 1.03 bits per heavy atom. The minimum Gasteiger partial charge on any atom is -0.480 e. The predicted octanol–water partition coefficient (Wildman–Crippen LogP) is 3.07. The fourth-order valence-corrected chi connectivity index (χ4v) is 4.07. The Morgan fingerprint density at radius 2 is 1.60 bits per heavy atom. The van der Waals surface area contributed by atoms with Gasteiger partial charge in [-0.25, -0.2) is 9.59 Å². The van der Waals surface area contributed by atoms with Gasteiger partial charge in [-0.2, -0.15) is 0 Å². The van der Waals surface area contributed by atoms with Crippen molar-refractivity contribution in [2.45, 2.75) is 38.6 Å². The van der Waals surface area contributed by atoms with Crippen LogP contribution in [0.5, 0.6) is 0 Å². The second kappa shape index (κ2) is 11.0. The van der Waals surface area contributed by atoms with Crippen molar-refractivity contribution in [3.05, 3.63) is 59.7 Å². The number of benzene rings is 2. The predicted molar refractivity (Wildman–Crippen MR) is 128 cm³/mol. The highest BCUT2D eigenvalue weighted by atomic mass is 16.5. The summed E-state index contributed by atoms with van der Waals surface area (Å²) in [7, 11) is 1.14. The fraction of sp³-hybridized carbons (Fsp3) is 0.385. The lowest BCUT2D eigenvalue weighted by atomic mass is 9.86. The maximum absolute atomic E-state index is 12.8. The number of carbonyl (C=O) groups excluding carboxylic acids is 3. The molecule has 186 valence electrons. The number of ether oxygens (including phenoxy) is 2. The number of carbonyl (C=O) groups is 4. The molecule has 2 aromatic rings. The molecule has 0 heterocycles. The zero-order valence-electron chi connectivity index (χ0n) is 20.0. The zero-order valence-corrected chi connectivity index (χ0v) is 20.0. The summed E-state index contributed by atoms with van der Waals surface area (Å²) >= 11 is 0. The van der Waals surface area contributed by atoms with Crippen molar-refractivity contribution in [3.8, 4) is 11.1 Å². The third-order valence-electron chi connectivity index (χ3n) is 6.50. The summed E-state index contributed by atoms with van der Waals surface area (Å²) in [5.74, 6) is -2.81. The van der Waals surface area contributed by atoms with Gasteiger partial charge in [0, 0.05) is 12.5 Å². The molecule has 0 saturated heterocycles. The number of carboxylic acid groups (broad SMARTS) is 1. The lowest BCUT2D eigenvalue weighted by Crippen LogP contribution is -2.52. The molecule has 0 aromatic heterocycles. The van der Waals surface area contributed by atoms with E-state index >= 15 is 0 Å². The van der Waals surface area contributed by atoms with Gasteiger partial charge in [0.1, 0.15) is 12.6 Å². The van der Waals surface area contributed by atoms with Crippen LogP contribution >= 0.6 is 0 Å². The number of rotatable bonds is 10. The molecule has 2 atom stereocenters. The van der Waals surface area contributed by atoms with E-state index in [2.05, 4.69) is 15.4 Å². The van der Waals surface area contributed by atoms with Crippen molar-refractivity contribution in [1.82, 2.24) is 10.6 Å². The van der Waals surface area contributed by atoms with Crippen LogP contribution in [-0.4, -0.2) is 55.3 Å². The molecule has 1 aliphatic carbocycles. The Bertz CT molecular complexity index is 1070. The third-order valence-corrected chi connectivity index (χ3v) is 6.50. The molecule has 2 aromatic carbocycles. The Labute approximate surface area is 203 Å². The van der Waals surface area contributed by atoms with Crippen molar-refractivity contribution in [2.75, 3.05) is 20.3 Å². The van der Waals surface area contributed by atoms with Gasteiger partial charge in [-0.1, -0.05) is 55.5 Å². The number of fused-ring (bicyclic) bond motifs is 3. The number of nitrogens with one attached hydrogen (secondary N) is 2. The molecule has 1 aliphatic rings. The van der Waals surface area contributed by atoms with Crippen LogP contribution in [0.4, 0.5) is 4.79 Å². The van der Waals surface area contributed by atoms with Crippen molar-refractivity contribution in [2.24, 2.45) is 5.41 Å². The largest absolute Gasteiger partial charge is 0.480 e. The Kier molecular flexibility index (Phi) is 8.11. The van der Waals surface area contributed by atoms with Crippen LogP contribution < -0.4 is 10.6 Å². The molecule has 0 spiro atoms. The fourth-order valence-electron chi connectivity index (χ4n) is 4.07. The van der Waals surface area contributed by atoms with Crippen LogP contribution in [0, 0.1) is 5.41 Å². The minimum atomic E-state index is -1.43. The molecule has 0 aliphatic heterocycles. The van der Waals surface area contributed by atoms with E-state index < -0.39 is 41.8 Å². The Balaban J connectivity index is 1.59. The first-order valence-electron chi connectivity index (χ1n) is 11.4. The molecule has 1 unspecified atom stereocenters. The van der Waals surface area contributed by atoms with Crippen molar-refractivity contribution in [1.29, 1.82) is 0 Å². The quantitative estimate of drug-likeness (QED) is 0.444. The first-order valence-corrected chi connectivity index (χ1v) is 11.4. The standard InChI is InChI=1S/C26H30N2O7/c1-4-26(2,24(32)28-21(23(30)31)13-22(29)34-3)15-27-25(33)35-14-20-18-11-7-5-9-16(18)17-10-6-8-12-19(17)20/h5-12,20-21H,4,13-15H2,1-3H3,(H,27,33)(H,28,32)(H,30,31)/t21-,26?/m0/s1. The van der Waals surface area contributed by atoms with Crippen LogP contribution in [0.2, 0.25) is 0 Å². The van der Waals surface area contributed by atoms with E-state index in [-0.39, 0.29) is 19.1 Å². The summed E-state index contributed by atoms with van der Waals surface area (Å²) < 4.78 is 10.00. The van der Waals surface area contributed by atoms with Gasteiger partial charge in [-0.15, -0.1) is 0 Å². The molecule has 3 rings (SSSR count). The van der Waals surface area contributed by atoms with E-state index in [1.807, 2.05) is 48.5 Å². The molecule has 9 heteroatoms. The SMILES string of the molecule is CCC(C)(CNC(=O)OCC1c2ccccc2-c2ccccc21)C(=O)N[C@@H](CC(=O)OC)C(=O)O. The van der Waals surface area contributed by atoms with E-state index in [9.17, 15) is 24.3 Å². The monoisotopic (exact) mass is 482 g/mol. The van der Waals surface area contributed by atoms with E-state index in [1.165, 1.54) is 0 Å². The molecular weight excluding hydrogens is 452 g/mol. The lowest BCUT2D eigenvalue weighted by molar-refractivity contribution is -0.149. The number of esters is 1. The topological polar surface area (TPSA) is 131 Å². The van der Waals surface area contributed by atoms with Gasteiger partial charge in [0.15, 0.2) is 0 Å². The first-order chi connectivity index (χ1) is 16.7. The molecule has 9 nitrogen and oxygen atoms in total. The summed E-state index contributed by atoms with van der Waals surface area (Å²) in [4.78, 5) is 48.2. The highest BCUT2D eigenvalue weighted by molar-refractivity contribution is 5.90. The van der Waals surface area contributed by atoms with E-state index in [0.29, 0.717) is 6.42 Å². The Morgan fingerprint density at radius 3 is 2.11 bits per heavy atom. The van der Waals surface area contributed by atoms with E-state index in [1.54, 1.807) is 13.8 Å². The average Bonchev–Trinajstić information content (AvgIpc) is 3.18. The third kappa shape index (κ3) is 5.79. The lowest BCUT2D eigenvalue weighted by Gasteiger charge is -2.28. The van der Waals surface area contributed by atoms with Gasteiger partial charge in [-0.3, -0.25) is 9.59 Å². The van der Waals surface area contributed by atoms with Crippen LogP contribution in [0.1, 0.15) is 43.7 Å². The van der Waals surface area contributed by atoms with Crippen molar-refractivity contribution in [3.63, 3.8) is 0 Å². The van der Waals surface area contributed by atoms with Crippen molar-refractivity contribution < 1.29 is 33.8 Å². The first kappa shape index (κ1) is 25.7. The second-order valence-electron chi connectivity index (χ2n) is 8.74. The van der Waals surface area contributed by atoms with Crippen LogP contribution in [0.15, 0.2) is 48.5 Å². The van der Waals surface area contributed by atoms with E-state index in [0.717, 1.165) is 29.4 Å². The number of hydrogen-bond acceptors (Lipinski definition) is 6. The molecule has 0 saturated carbocycles. The molecular formula is C26H30N2O7. The highest BCUT2D eigenvalue weighted by Gasteiger charge is 2.36. The Hall–Kier alpha value is -3.88. The molecule has 35 heavy (non-hydrogen) atoms. The maximum atomic E-state index is 12.8. The highest BCUT2D eigenvalue weighted by Crippen LogP contribution is 2.44. The number of aliphatic carboxylic acids is 1. The minimum absolute atomic E-state index is 0.0728. The number of amides is 2. The molecule has 0 fully saturated rings. The van der Waals surface area contributed by atoms with Gasteiger partial charge in [0.25, 0.3) is 0 Å². The number of methoxy groups -OCH3 is 1. The summed E-state index contributed by atoms with van der Waals surface area (Å²) in [5, 5.41) is 14.3. The summed E-state index contributed by atoms with van der Waals surface area (Å²) in [6.07, 6.45) is -0.867. The smallest absolute Gasteiger partial charge is 0.407 e. The van der Waals surface area contributed by atoms with Crippen LogP contribution in [0.3, 0.4) is 0 Å². The second-order valence-corrected chi connectivity index (χ2v) is 8.74. The number of carboxylic acids is 1. The zero-order chi connectivity index (χ0) is 25.6. The molecule has 2 amide bonds. The number of hydrogen-bond donors (Lipinski definition) is 3. The number of alkyl carbamates (subject to hydrolysis) is 1. The van der Waals surface area contributed by atoms with Gasteiger partial charge in [0.2, 0.25) is 5.91 Å². The van der Waals surface area contributed by atoms with Crippen LogP contribution in [-0.2, 0) is 23.9 Å². The molecule has 0 radical (unpaired) electrons. The van der Waals surface area contributed by atoms with Crippen molar-refractivity contribution >= 4 is 23.9 Å². The normalized spacial score (nSPS) is 14.6.